The van der Waals surface area contributed by atoms with E-state index < -0.39 is 0 Å². The van der Waals surface area contributed by atoms with Crippen molar-refractivity contribution < 1.29 is 0 Å². The van der Waals surface area contributed by atoms with Crippen LogP contribution >= 0.6 is 11.3 Å². The van der Waals surface area contributed by atoms with Crippen molar-refractivity contribution >= 4 is 11.3 Å². The van der Waals surface area contributed by atoms with Gasteiger partial charge in [0.15, 0.2) is 0 Å². The topological polar surface area (TPSA) is 29.9 Å². The number of aryl methyl sites for hydroxylation is 1. The summed E-state index contributed by atoms with van der Waals surface area (Å²) in [5, 5.41) is 12.3. The number of hydrogen-bond acceptors (Lipinski definition) is 3. The molecule has 92 valence electrons. The first-order valence-corrected chi connectivity index (χ1v) is 6.70. The third-order valence-corrected chi connectivity index (χ3v) is 3.19. The zero-order valence-corrected chi connectivity index (χ0v) is 11.6. The zero-order valence-electron chi connectivity index (χ0n) is 10.8. The maximum atomic E-state index is 4.54. The van der Waals surface area contributed by atoms with Crippen molar-refractivity contribution in [1.82, 2.24) is 15.1 Å². The molecule has 0 aliphatic carbocycles. The quantitative estimate of drug-likeness (QED) is 0.906. The molecule has 0 aromatic carbocycles. The van der Waals surface area contributed by atoms with Gasteiger partial charge in [-0.3, -0.25) is 4.68 Å². The van der Waals surface area contributed by atoms with E-state index in [4.69, 9.17) is 0 Å². The average Bonchev–Trinajstić information content (AvgIpc) is 2.81. The lowest BCUT2D eigenvalue weighted by Crippen LogP contribution is -2.35. The molecule has 1 N–H and O–H groups in total. The Bertz CT molecular complexity index is 477. The highest BCUT2D eigenvalue weighted by Crippen LogP contribution is 2.24. The summed E-state index contributed by atoms with van der Waals surface area (Å²) in [6.07, 6.45) is 2.09. The van der Waals surface area contributed by atoms with E-state index in [2.05, 4.69) is 54.2 Å². The van der Waals surface area contributed by atoms with Crippen molar-refractivity contribution in [1.29, 1.82) is 0 Å². The fraction of sp³-hybridized carbons (Fsp3) is 0.462. The van der Waals surface area contributed by atoms with E-state index in [1.165, 1.54) is 11.1 Å². The SMILES string of the molecule is Cn1cc(CNC(C)(C)C)c(-c2ccsc2)n1. The van der Waals surface area contributed by atoms with Crippen molar-refractivity contribution in [2.75, 3.05) is 0 Å². The molecule has 0 aliphatic heterocycles. The number of hydrogen-bond donors (Lipinski definition) is 1. The summed E-state index contributed by atoms with van der Waals surface area (Å²) in [4.78, 5) is 0. The molecule has 0 amide bonds. The third kappa shape index (κ3) is 3.17. The maximum absolute atomic E-state index is 4.54. The Kier molecular flexibility index (Phi) is 3.35. The molecule has 2 aromatic rings. The summed E-state index contributed by atoms with van der Waals surface area (Å²) >= 11 is 1.71. The Hall–Kier alpha value is -1.13. The number of rotatable bonds is 3. The van der Waals surface area contributed by atoms with Crippen LogP contribution in [0.3, 0.4) is 0 Å². The van der Waals surface area contributed by atoms with Gasteiger partial charge in [0, 0.05) is 41.8 Å². The van der Waals surface area contributed by atoms with Crippen LogP contribution < -0.4 is 5.32 Å². The summed E-state index contributed by atoms with van der Waals surface area (Å²) in [6.45, 7) is 7.37. The van der Waals surface area contributed by atoms with Crippen molar-refractivity contribution in [3.05, 3.63) is 28.6 Å². The molecule has 2 rings (SSSR count). The summed E-state index contributed by atoms with van der Waals surface area (Å²) in [5.74, 6) is 0. The second kappa shape index (κ2) is 4.63. The lowest BCUT2D eigenvalue weighted by Gasteiger charge is -2.20. The minimum absolute atomic E-state index is 0.127. The molecule has 0 radical (unpaired) electrons. The Labute approximate surface area is 106 Å². The Morgan fingerprint density at radius 3 is 2.76 bits per heavy atom. The highest BCUT2D eigenvalue weighted by molar-refractivity contribution is 7.08. The fourth-order valence-electron chi connectivity index (χ4n) is 1.67. The van der Waals surface area contributed by atoms with Crippen LogP contribution in [0.4, 0.5) is 0 Å². The average molecular weight is 249 g/mol. The molecule has 0 aliphatic rings. The zero-order chi connectivity index (χ0) is 12.5. The minimum Gasteiger partial charge on any atom is -0.308 e. The molecule has 0 fully saturated rings. The van der Waals surface area contributed by atoms with Gasteiger partial charge in [-0.1, -0.05) is 0 Å². The van der Waals surface area contributed by atoms with Crippen LogP contribution in [0.5, 0.6) is 0 Å². The van der Waals surface area contributed by atoms with Crippen LogP contribution in [0.2, 0.25) is 0 Å². The summed E-state index contributed by atoms with van der Waals surface area (Å²) in [5.41, 5.74) is 3.68. The molecule has 0 bridgehead atoms. The maximum Gasteiger partial charge on any atom is 0.0976 e. The van der Waals surface area contributed by atoms with Gasteiger partial charge >= 0.3 is 0 Å². The van der Waals surface area contributed by atoms with E-state index in [0.717, 1.165) is 12.2 Å². The van der Waals surface area contributed by atoms with Crippen LogP contribution in [-0.4, -0.2) is 15.3 Å². The van der Waals surface area contributed by atoms with Gasteiger partial charge < -0.3 is 5.32 Å². The molecule has 4 heteroatoms. The normalized spacial score (nSPS) is 12.0. The first kappa shape index (κ1) is 12.3. The largest absolute Gasteiger partial charge is 0.308 e. The van der Waals surface area contributed by atoms with Crippen LogP contribution in [0.1, 0.15) is 26.3 Å². The van der Waals surface area contributed by atoms with Gasteiger partial charge in [0.05, 0.1) is 5.69 Å². The molecular weight excluding hydrogens is 230 g/mol. The lowest BCUT2D eigenvalue weighted by molar-refractivity contribution is 0.424. The number of aromatic nitrogens is 2. The van der Waals surface area contributed by atoms with Crippen LogP contribution in [0, 0.1) is 0 Å². The molecule has 0 saturated carbocycles. The van der Waals surface area contributed by atoms with Gasteiger partial charge in [0.1, 0.15) is 0 Å². The van der Waals surface area contributed by atoms with E-state index in [1.54, 1.807) is 11.3 Å². The van der Waals surface area contributed by atoms with Crippen LogP contribution in [0.15, 0.2) is 23.0 Å². The van der Waals surface area contributed by atoms with Crippen molar-refractivity contribution in [3.63, 3.8) is 0 Å². The monoisotopic (exact) mass is 249 g/mol. The summed E-state index contributed by atoms with van der Waals surface area (Å²) < 4.78 is 1.88. The Morgan fingerprint density at radius 2 is 2.18 bits per heavy atom. The highest BCUT2D eigenvalue weighted by Gasteiger charge is 2.14. The number of nitrogens with zero attached hydrogens (tertiary/aromatic N) is 2. The van der Waals surface area contributed by atoms with Gasteiger partial charge in [0.25, 0.3) is 0 Å². The third-order valence-electron chi connectivity index (χ3n) is 2.51. The van der Waals surface area contributed by atoms with E-state index in [-0.39, 0.29) is 5.54 Å². The molecule has 17 heavy (non-hydrogen) atoms. The second-order valence-corrected chi connectivity index (χ2v) is 6.07. The lowest BCUT2D eigenvalue weighted by atomic mass is 10.1. The van der Waals surface area contributed by atoms with Crippen LogP contribution in [0.25, 0.3) is 11.3 Å². The second-order valence-electron chi connectivity index (χ2n) is 5.29. The van der Waals surface area contributed by atoms with E-state index in [1.807, 2.05) is 11.7 Å². The molecule has 2 heterocycles. The summed E-state index contributed by atoms with van der Waals surface area (Å²) in [6, 6.07) is 2.12. The van der Waals surface area contributed by atoms with Gasteiger partial charge in [-0.15, -0.1) is 0 Å². The molecule has 3 nitrogen and oxygen atoms in total. The molecule has 2 aromatic heterocycles. The predicted octanol–water partition coefficient (Wildman–Crippen LogP) is 3.04. The smallest absolute Gasteiger partial charge is 0.0976 e. The minimum atomic E-state index is 0.127. The fourth-order valence-corrected chi connectivity index (χ4v) is 2.31. The van der Waals surface area contributed by atoms with Crippen molar-refractivity contribution in [2.24, 2.45) is 7.05 Å². The number of thiophene rings is 1. The Morgan fingerprint density at radius 1 is 1.41 bits per heavy atom. The molecule has 0 atom stereocenters. The van der Waals surface area contributed by atoms with Crippen LogP contribution in [-0.2, 0) is 13.6 Å². The van der Waals surface area contributed by atoms with Crippen molar-refractivity contribution in [2.45, 2.75) is 32.9 Å². The van der Waals surface area contributed by atoms with Gasteiger partial charge in [-0.2, -0.15) is 16.4 Å². The number of nitrogens with one attached hydrogen (secondary N) is 1. The van der Waals surface area contributed by atoms with Gasteiger partial charge in [-0.25, -0.2) is 0 Å². The van der Waals surface area contributed by atoms with E-state index >= 15 is 0 Å². The van der Waals surface area contributed by atoms with E-state index in [9.17, 15) is 0 Å². The standard InChI is InChI=1S/C13H19N3S/c1-13(2,3)14-7-11-8-16(4)15-12(11)10-5-6-17-9-10/h5-6,8-9,14H,7H2,1-4H3. The molecule has 0 unspecified atom stereocenters. The molecule has 0 spiro atoms. The first-order chi connectivity index (χ1) is 7.96. The molecular formula is C13H19N3S. The predicted molar refractivity (Wildman–Crippen MR) is 73.1 cm³/mol. The first-order valence-electron chi connectivity index (χ1n) is 5.76. The highest BCUT2D eigenvalue weighted by atomic mass is 32.1. The Balaban J connectivity index is 2.23. The van der Waals surface area contributed by atoms with Crippen molar-refractivity contribution in [3.8, 4) is 11.3 Å². The van der Waals surface area contributed by atoms with E-state index in [0.29, 0.717) is 0 Å². The van der Waals surface area contributed by atoms with Gasteiger partial charge in [0.2, 0.25) is 0 Å². The van der Waals surface area contributed by atoms with Gasteiger partial charge in [-0.05, 0) is 32.2 Å². The molecule has 0 saturated heterocycles. The summed E-state index contributed by atoms with van der Waals surface area (Å²) in [7, 11) is 1.97.